The highest BCUT2D eigenvalue weighted by Gasteiger charge is 2.10. The second-order valence-corrected chi connectivity index (χ2v) is 4.44. The van der Waals surface area contributed by atoms with Crippen LogP contribution in [0.3, 0.4) is 0 Å². The van der Waals surface area contributed by atoms with Crippen LogP contribution in [0.5, 0.6) is 0 Å². The number of amides is 1. The summed E-state index contributed by atoms with van der Waals surface area (Å²) in [5.74, 6) is -0.250. The summed E-state index contributed by atoms with van der Waals surface area (Å²) in [6, 6.07) is 3.09. The molecule has 100 valence electrons. The third-order valence-electron chi connectivity index (χ3n) is 2.16. The molecule has 0 saturated carbocycles. The fourth-order valence-electron chi connectivity index (χ4n) is 1.30. The van der Waals surface area contributed by atoms with Gasteiger partial charge < -0.3 is 10.1 Å². The Bertz CT molecular complexity index is 400. The lowest BCUT2D eigenvalue weighted by atomic mass is 10.2. The van der Waals surface area contributed by atoms with Crippen molar-refractivity contribution in [3.8, 4) is 0 Å². The molecular weight excluding hydrogens is 275 g/mol. The van der Waals surface area contributed by atoms with E-state index in [2.05, 4.69) is 17.2 Å². The number of hydrogen-bond acceptors (Lipinski definition) is 3. The Morgan fingerprint density at radius 3 is 2.83 bits per heavy atom. The van der Waals surface area contributed by atoms with E-state index in [0.29, 0.717) is 18.7 Å². The highest BCUT2D eigenvalue weighted by molar-refractivity contribution is 6.34. The van der Waals surface area contributed by atoms with Gasteiger partial charge in [-0.2, -0.15) is 0 Å². The summed E-state index contributed by atoms with van der Waals surface area (Å²) in [5.41, 5.74) is 0.329. The molecule has 18 heavy (non-hydrogen) atoms. The number of nitrogens with zero attached hydrogens (tertiary/aromatic N) is 1. The van der Waals surface area contributed by atoms with Crippen LogP contribution in [0.2, 0.25) is 10.3 Å². The first-order valence-electron chi connectivity index (χ1n) is 5.83. The molecule has 0 radical (unpaired) electrons. The molecule has 0 unspecified atom stereocenters. The smallest absolute Gasteiger partial charge is 0.254 e. The minimum absolute atomic E-state index is 0.113. The maximum absolute atomic E-state index is 11.7. The molecule has 4 nitrogen and oxygen atoms in total. The quantitative estimate of drug-likeness (QED) is 0.620. The molecular formula is C12H16Cl2N2O2. The van der Waals surface area contributed by atoms with Gasteiger partial charge >= 0.3 is 0 Å². The van der Waals surface area contributed by atoms with Crippen molar-refractivity contribution in [1.29, 1.82) is 0 Å². The Morgan fingerprint density at radius 1 is 1.39 bits per heavy atom. The Hall–Kier alpha value is -0.840. The number of rotatable bonds is 7. The Labute approximate surface area is 117 Å². The second kappa shape index (κ2) is 8.29. The zero-order chi connectivity index (χ0) is 13.4. The van der Waals surface area contributed by atoms with Crippen molar-refractivity contribution in [3.63, 3.8) is 0 Å². The number of pyridine rings is 1. The van der Waals surface area contributed by atoms with Gasteiger partial charge in [-0.1, -0.05) is 30.1 Å². The van der Waals surface area contributed by atoms with E-state index in [9.17, 15) is 4.79 Å². The third kappa shape index (κ3) is 5.21. The molecule has 1 aromatic rings. The highest BCUT2D eigenvalue weighted by atomic mass is 35.5. The normalized spacial score (nSPS) is 10.4. The van der Waals surface area contributed by atoms with Gasteiger partial charge in [-0.25, -0.2) is 4.98 Å². The molecule has 1 rings (SSSR count). The lowest BCUT2D eigenvalue weighted by Crippen LogP contribution is -2.25. The number of halogens is 2. The van der Waals surface area contributed by atoms with E-state index in [1.165, 1.54) is 6.07 Å². The largest absolute Gasteiger partial charge is 0.381 e. The van der Waals surface area contributed by atoms with Crippen LogP contribution >= 0.6 is 23.2 Å². The van der Waals surface area contributed by atoms with Gasteiger partial charge in [-0.15, -0.1) is 0 Å². The molecule has 0 bridgehead atoms. The van der Waals surface area contributed by atoms with Crippen molar-refractivity contribution in [2.24, 2.45) is 0 Å². The van der Waals surface area contributed by atoms with Crippen LogP contribution in [0.15, 0.2) is 12.1 Å². The van der Waals surface area contributed by atoms with Gasteiger partial charge in [-0.3, -0.25) is 4.79 Å². The zero-order valence-electron chi connectivity index (χ0n) is 10.2. The third-order valence-corrected chi connectivity index (χ3v) is 2.66. The van der Waals surface area contributed by atoms with Crippen molar-refractivity contribution in [1.82, 2.24) is 10.3 Å². The molecule has 0 aromatic carbocycles. The fourth-order valence-corrected chi connectivity index (χ4v) is 1.73. The molecule has 0 fully saturated rings. The van der Waals surface area contributed by atoms with Crippen LogP contribution in [0.1, 0.15) is 30.1 Å². The van der Waals surface area contributed by atoms with E-state index in [-0.39, 0.29) is 16.2 Å². The summed E-state index contributed by atoms with van der Waals surface area (Å²) in [5, 5.41) is 3.13. The standard InChI is InChI=1S/C12H16Cl2N2O2/c1-2-7-18-8-3-6-15-12(17)9-4-5-10(13)16-11(9)14/h4-5H,2-3,6-8H2,1H3,(H,15,17). The lowest BCUT2D eigenvalue weighted by molar-refractivity contribution is 0.0941. The monoisotopic (exact) mass is 290 g/mol. The Balaban J connectivity index is 2.32. The molecule has 0 aliphatic rings. The minimum Gasteiger partial charge on any atom is -0.381 e. The Kier molecular flexibility index (Phi) is 7.01. The van der Waals surface area contributed by atoms with Crippen LogP contribution in [-0.2, 0) is 4.74 Å². The van der Waals surface area contributed by atoms with Crippen molar-refractivity contribution < 1.29 is 9.53 Å². The van der Waals surface area contributed by atoms with E-state index in [4.69, 9.17) is 27.9 Å². The van der Waals surface area contributed by atoms with Gasteiger partial charge in [0, 0.05) is 19.8 Å². The summed E-state index contributed by atoms with van der Waals surface area (Å²) < 4.78 is 5.30. The van der Waals surface area contributed by atoms with Crippen LogP contribution in [-0.4, -0.2) is 30.6 Å². The molecule has 6 heteroatoms. The summed E-state index contributed by atoms with van der Waals surface area (Å²) >= 11 is 11.5. The second-order valence-electron chi connectivity index (χ2n) is 3.69. The molecule has 0 atom stereocenters. The van der Waals surface area contributed by atoms with Crippen LogP contribution in [0.25, 0.3) is 0 Å². The van der Waals surface area contributed by atoms with Gasteiger partial charge in [0.1, 0.15) is 10.3 Å². The van der Waals surface area contributed by atoms with Gasteiger partial charge in [0.15, 0.2) is 0 Å². The molecule has 0 spiro atoms. The summed E-state index contributed by atoms with van der Waals surface area (Å²) in [6.07, 6.45) is 1.77. The van der Waals surface area contributed by atoms with Gasteiger partial charge in [0.2, 0.25) is 0 Å². The first-order valence-corrected chi connectivity index (χ1v) is 6.58. The SMILES string of the molecule is CCCOCCCNC(=O)c1ccc(Cl)nc1Cl. The lowest BCUT2D eigenvalue weighted by Gasteiger charge is -2.06. The molecule has 1 heterocycles. The van der Waals surface area contributed by atoms with E-state index >= 15 is 0 Å². The van der Waals surface area contributed by atoms with Crippen LogP contribution < -0.4 is 5.32 Å². The minimum atomic E-state index is -0.250. The Morgan fingerprint density at radius 2 is 2.17 bits per heavy atom. The molecule has 0 saturated heterocycles. The topological polar surface area (TPSA) is 51.2 Å². The van der Waals surface area contributed by atoms with Gasteiger partial charge in [-0.05, 0) is 25.0 Å². The first kappa shape index (κ1) is 15.2. The maximum atomic E-state index is 11.7. The number of ether oxygens (including phenoxy) is 1. The number of hydrogen-bond donors (Lipinski definition) is 1. The van der Waals surface area contributed by atoms with Gasteiger partial charge in [0.05, 0.1) is 5.56 Å². The number of carbonyl (C=O) groups excluding carboxylic acids is 1. The average Bonchev–Trinajstić information content (AvgIpc) is 2.33. The zero-order valence-corrected chi connectivity index (χ0v) is 11.7. The molecule has 0 aliphatic heterocycles. The van der Waals surface area contributed by atoms with E-state index < -0.39 is 0 Å². The van der Waals surface area contributed by atoms with Crippen molar-refractivity contribution >= 4 is 29.1 Å². The predicted octanol–water partition coefficient (Wildman–Crippen LogP) is 2.93. The molecule has 1 N–H and O–H groups in total. The average molecular weight is 291 g/mol. The maximum Gasteiger partial charge on any atom is 0.254 e. The summed E-state index contributed by atoms with van der Waals surface area (Å²) in [6.45, 7) is 3.99. The number of aromatic nitrogens is 1. The van der Waals surface area contributed by atoms with Crippen molar-refractivity contribution in [2.45, 2.75) is 19.8 Å². The van der Waals surface area contributed by atoms with E-state index in [0.717, 1.165) is 19.4 Å². The summed E-state index contributed by atoms with van der Waals surface area (Å²) in [7, 11) is 0. The van der Waals surface area contributed by atoms with Crippen molar-refractivity contribution in [3.05, 3.63) is 28.0 Å². The summed E-state index contributed by atoms with van der Waals surface area (Å²) in [4.78, 5) is 15.6. The highest BCUT2D eigenvalue weighted by Crippen LogP contribution is 2.16. The van der Waals surface area contributed by atoms with Crippen molar-refractivity contribution in [2.75, 3.05) is 19.8 Å². The number of carbonyl (C=O) groups is 1. The van der Waals surface area contributed by atoms with E-state index in [1.807, 2.05) is 0 Å². The van der Waals surface area contributed by atoms with Crippen LogP contribution in [0, 0.1) is 0 Å². The first-order chi connectivity index (χ1) is 8.65. The fraction of sp³-hybridized carbons (Fsp3) is 0.500. The van der Waals surface area contributed by atoms with E-state index in [1.54, 1.807) is 6.07 Å². The van der Waals surface area contributed by atoms with Crippen LogP contribution in [0.4, 0.5) is 0 Å². The molecule has 1 amide bonds. The molecule has 1 aromatic heterocycles. The number of nitrogens with one attached hydrogen (secondary N) is 1. The molecule has 0 aliphatic carbocycles. The van der Waals surface area contributed by atoms with Gasteiger partial charge in [0.25, 0.3) is 5.91 Å². The predicted molar refractivity (Wildman–Crippen MR) is 72.3 cm³/mol.